The van der Waals surface area contributed by atoms with Crippen LogP contribution in [0, 0.1) is 5.82 Å². The second kappa shape index (κ2) is 4.21. The van der Waals surface area contributed by atoms with E-state index < -0.39 is 0 Å². The van der Waals surface area contributed by atoms with Crippen LogP contribution in [0.2, 0.25) is 0 Å². The SMILES string of the molecule is O=C1C[C@@H](c2nc(-c3cccc(F)c3)no2)CN1. The van der Waals surface area contributed by atoms with Gasteiger partial charge in [-0.25, -0.2) is 4.39 Å². The summed E-state index contributed by atoms with van der Waals surface area (Å²) < 4.78 is 18.2. The fourth-order valence-electron chi connectivity index (χ4n) is 1.93. The van der Waals surface area contributed by atoms with Crippen LogP contribution in [0.5, 0.6) is 0 Å². The van der Waals surface area contributed by atoms with Gasteiger partial charge in [0, 0.05) is 18.5 Å². The monoisotopic (exact) mass is 247 g/mol. The van der Waals surface area contributed by atoms with E-state index in [1.54, 1.807) is 12.1 Å². The first-order valence-electron chi connectivity index (χ1n) is 5.58. The second-order valence-electron chi connectivity index (χ2n) is 4.17. The number of halogens is 1. The Morgan fingerprint density at radius 3 is 3.06 bits per heavy atom. The van der Waals surface area contributed by atoms with Crippen LogP contribution in [0.15, 0.2) is 28.8 Å². The molecule has 92 valence electrons. The van der Waals surface area contributed by atoms with Gasteiger partial charge in [0.1, 0.15) is 5.82 Å². The summed E-state index contributed by atoms with van der Waals surface area (Å²) in [5.41, 5.74) is 0.558. The van der Waals surface area contributed by atoms with Crippen molar-refractivity contribution >= 4 is 5.91 Å². The summed E-state index contributed by atoms with van der Waals surface area (Å²) in [5.74, 6) is 0.283. The Morgan fingerprint density at radius 1 is 1.44 bits per heavy atom. The van der Waals surface area contributed by atoms with Crippen LogP contribution in [0.1, 0.15) is 18.2 Å². The highest BCUT2D eigenvalue weighted by Gasteiger charge is 2.28. The average Bonchev–Trinajstić information content (AvgIpc) is 2.97. The Morgan fingerprint density at radius 2 is 2.33 bits per heavy atom. The van der Waals surface area contributed by atoms with Crippen LogP contribution in [0.4, 0.5) is 4.39 Å². The maximum atomic E-state index is 13.1. The molecule has 1 aliphatic rings. The lowest BCUT2D eigenvalue weighted by molar-refractivity contribution is -0.119. The molecule has 0 bridgehead atoms. The van der Waals surface area contributed by atoms with Crippen molar-refractivity contribution < 1.29 is 13.7 Å². The zero-order valence-corrected chi connectivity index (χ0v) is 9.39. The topological polar surface area (TPSA) is 68.0 Å². The van der Waals surface area contributed by atoms with E-state index in [4.69, 9.17) is 4.52 Å². The van der Waals surface area contributed by atoms with Crippen LogP contribution in [0.3, 0.4) is 0 Å². The summed E-state index contributed by atoms with van der Waals surface area (Å²) >= 11 is 0. The highest BCUT2D eigenvalue weighted by atomic mass is 19.1. The first kappa shape index (κ1) is 10.9. The molecule has 1 amide bonds. The minimum atomic E-state index is -0.350. The van der Waals surface area contributed by atoms with Gasteiger partial charge in [-0.1, -0.05) is 17.3 Å². The molecule has 1 saturated heterocycles. The van der Waals surface area contributed by atoms with Crippen molar-refractivity contribution in [3.8, 4) is 11.4 Å². The quantitative estimate of drug-likeness (QED) is 0.872. The van der Waals surface area contributed by atoms with Crippen LogP contribution in [0.25, 0.3) is 11.4 Å². The minimum Gasteiger partial charge on any atom is -0.355 e. The lowest BCUT2D eigenvalue weighted by Crippen LogP contribution is -2.13. The van der Waals surface area contributed by atoms with Gasteiger partial charge in [-0.05, 0) is 12.1 Å². The predicted molar refractivity (Wildman–Crippen MR) is 60.1 cm³/mol. The molecule has 2 heterocycles. The molecular formula is C12H10FN3O2. The Bertz CT molecular complexity index is 597. The first-order chi connectivity index (χ1) is 8.72. The Labute approximate surface area is 102 Å². The molecule has 0 radical (unpaired) electrons. The van der Waals surface area contributed by atoms with E-state index in [0.29, 0.717) is 30.2 Å². The van der Waals surface area contributed by atoms with Crippen molar-refractivity contribution in [1.82, 2.24) is 15.5 Å². The van der Waals surface area contributed by atoms with Gasteiger partial charge in [-0.3, -0.25) is 4.79 Å². The molecule has 1 N–H and O–H groups in total. The number of carbonyl (C=O) groups excluding carboxylic acids is 1. The summed E-state index contributed by atoms with van der Waals surface area (Å²) in [6.45, 7) is 0.504. The molecule has 0 saturated carbocycles. The van der Waals surface area contributed by atoms with E-state index in [-0.39, 0.29) is 17.6 Å². The minimum absolute atomic E-state index is 0.0227. The first-order valence-corrected chi connectivity index (χ1v) is 5.58. The highest BCUT2D eigenvalue weighted by Crippen LogP contribution is 2.24. The van der Waals surface area contributed by atoms with Crippen molar-refractivity contribution in [3.63, 3.8) is 0 Å². The van der Waals surface area contributed by atoms with Crippen molar-refractivity contribution in [2.45, 2.75) is 12.3 Å². The number of amides is 1. The van der Waals surface area contributed by atoms with Crippen LogP contribution >= 0.6 is 0 Å². The Balaban J connectivity index is 1.87. The molecule has 1 aromatic heterocycles. The number of rotatable bonds is 2. The molecule has 3 rings (SSSR count). The Kier molecular flexibility index (Phi) is 2.55. The lowest BCUT2D eigenvalue weighted by atomic mass is 10.1. The molecule has 1 fully saturated rings. The fourth-order valence-corrected chi connectivity index (χ4v) is 1.93. The molecule has 18 heavy (non-hydrogen) atoms. The number of hydrogen-bond acceptors (Lipinski definition) is 4. The molecular weight excluding hydrogens is 237 g/mol. The zero-order valence-electron chi connectivity index (χ0n) is 9.39. The maximum absolute atomic E-state index is 13.1. The van der Waals surface area contributed by atoms with Crippen LogP contribution in [-0.2, 0) is 4.79 Å². The van der Waals surface area contributed by atoms with Gasteiger partial charge in [0.25, 0.3) is 0 Å². The fraction of sp³-hybridized carbons (Fsp3) is 0.250. The van der Waals surface area contributed by atoms with Gasteiger partial charge >= 0.3 is 0 Å². The van der Waals surface area contributed by atoms with Gasteiger partial charge in [0.05, 0.1) is 5.92 Å². The Hall–Kier alpha value is -2.24. The van der Waals surface area contributed by atoms with E-state index >= 15 is 0 Å². The molecule has 6 heteroatoms. The van der Waals surface area contributed by atoms with Gasteiger partial charge in [0.2, 0.25) is 17.6 Å². The smallest absolute Gasteiger partial charge is 0.232 e. The molecule has 5 nitrogen and oxygen atoms in total. The third kappa shape index (κ3) is 1.97. The largest absolute Gasteiger partial charge is 0.355 e. The zero-order chi connectivity index (χ0) is 12.5. The molecule has 2 aromatic rings. The van der Waals surface area contributed by atoms with Crippen LogP contribution < -0.4 is 5.32 Å². The number of nitrogens with zero attached hydrogens (tertiary/aromatic N) is 2. The molecule has 1 aromatic carbocycles. The van der Waals surface area contributed by atoms with Crippen molar-refractivity contribution in [2.24, 2.45) is 0 Å². The van der Waals surface area contributed by atoms with Gasteiger partial charge in [0.15, 0.2) is 0 Å². The summed E-state index contributed by atoms with van der Waals surface area (Å²) in [6, 6.07) is 5.98. The molecule has 1 atom stereocenters. The van der Waals surface area contributed by atoms with Crippen molar-refractivity contribution in [2.75, 3.05) is 6.54 Å². The van der Waals surface area contributed by atoms with Crippen molar-refractivity contribution in [1.29, 1.82) is 0 Å². The third-order valence-electron chi connectivity index (χ3n) is 2.85. The van der Waals surface area contributed by atoms with Gasteiger partial charge < -0.3 is 9.84 Å². The van der Waals surface area contributed by atoms with E-state index in [2.05, 4.69) is 15.5 Å². The average molecular weight is 247 g/mol. The summed E-state index contributed by atoms with van der Waals surface area (Å²) in [5, 5.41) is 6.50. The van der Waals surface area contributed by atoms with E-state index in [1.807, 2.05) is 0 Å². The summed E-state index contributed by atoms with van der Waals surface area (Å²) in [7, 11) is 0. The molecule has 0 spiro atoms. The number of hydrogen-bond donors (Lipinski definition) is 1. The van der Waals surface area contributed by atoms with E-state index in [9.17, 15) is 9.18 Å². The molecule has 1 aliphatic heterocycles. The van der Waals surface area contributed by atoms with E-state index in [0.717, 1.165) is 0 Å². The van der Waals surface area contributed by atoms with Gasteiger partial charge in [-0.15, -0.1) is 0 Å². The number of nitrogens with one attached hydrogen (secondary N) is 1. The normalized spacial score (nSPS) is 18.9. The molecule has 0 aliphatic carbocycles. The lowest BCUT2D eigenvalue weighted by Gasteiger charge is -1.97. The summed E-state index contributed by atoms with van der Waals surface area (Å²) in [4.78, 5) is 15.3. The third-order valence-corrected chi connectivity index (χ3v) is 2.85. The number of benzene rings is 1. The standard InChI is InChI=1S/C12H10FN3O2/c13-9-3-1-2-7(4-9)11-15-12(18-16-11)8-5-10(17)14-6-8/h1-4,8H,5-6H2,(H,14,17)/t8-/m1/s1. The molecule has 0 unspecified atom stereocenters. The van der Waals surface area contributed by atoms with Crippen molar-refractivity contribution in [3.05, 3.63) is 36.0 Å². The van der Waals surface area contributed by atoms with Gasteiger partial charge in [-0.2, -0.15) is 4.98 Å². The van der Waals surface area contributed by atoms with Crippen LogP contribution in [-0.4, -0.2) is 22.6 Å². The highest BCUT2D eigenvalue weighted by molar-refractivity contribution is 5.79. The maximum Gasteiger partial charge on any atom is 0.232 e. The number of carbonyl (C=O) groups is 1. The number of aromatic nitrogens is 2. The summed E-state index contributed by atoms with van der Waals surface area (Å²) in [6.07, 6.45) is 0.352. The second-order valence-corrected chi connectivity index (χ2v) is 4.17. The van der Waals surface area contributed by atoms with E-state index in [1.165, 1.54) is 12.1 Å². The predicted octanol–water partition coefficient (Wildman–Crippen LogP) is 1.48.